The van der Waals surface area contributed by atoms with Crippen LogP contribution in [0.4, 0.5) is 0 Å². The van der Waals surface area contributed by atoms with Crippen molar-refractivity contribution in [3.8, 4) is 11.3 Å². The van der Waals surface area contributed by atoms with Crippen molar-refractivity contribution in [3.63, 3.8) is 0 Å². The zero-order valence-electron chi connectivity index (χ0n) is 9.70. The maximum Gasteiger partial charge on any atom is 0.0924 e. The van der Waals surface area contributed by atoms with Crippen LogP contribution < -0.4 is 5.32 Å². The number of nitrogens with zero attached hydrogens (tertiary/aromatic N) is 1. The van der Waals surface area contributed by atoms with Gasteiger partial charge in [0.2, 0.25) is 0 Å². The van der Waals surface area contributed by atoms with Crippen LogP contribution in [0, 0.1) is 0 Å². The summed E-state index contributed by atoms with van der Waals surface area (Å²) in [5, 5.41) is 3.43. The minimum atomic E-state index is 0.495. The molecule has 84 valence electrons. The Balaban J connectivity index is 2.24. The van der Waals surface area contributed by atoms with Crippen LogP contribution in [-0.4, -0.2) is 16.0 Å². The van der Waals surface area contributed by atoms with Crippen LogP contribution in [0.15, 0.2) is 36.8 Å². The van der Waals surface area contributed by atoms with Crippen molar-refractivity contribution in [3.05, 3.63) is 42.4 Å². The van der Waals surface area contributed by atoms with Crippen molar-refractivity contribution in [2.75, 3.05) is 0 Å². The molecule has 16 heavy (non-hydrogen) atoms. The topological polar surface area (TPSA) is 40.7 Å². The summed E-state index contributed by atoms with van der Waals surface area (Å²) < 4.78 is 0. The van der Waals surface area contributed by atoms with Gasteiger partial charge in [0.25, 0.3) is 0 Å². The minimum Gasteiger partial charge on any atom is -0.345 e. The lowest BCUT2D eigenvalue weighted by molar-refractivity contribution is 0.589. The molecule has 1 heterocycles. The van der Waals surface area contributed by atoms with E-state index in [0.29, 0.717) is 6.04 Å². The second kappa shape index (κ2) is 4.94. The molecule has 0 bridgehead atoms. The molecule has 0 atom stereocenters. The molecule has 0 unspecified atom stereocenters. The summed E-state index contributed by atoms with van der Waals surface area (Å²) >= 11 is 0. The van der Waals surface area contributed by atoms with Gasteiger partial charge < -0.3 is 10.3 Å². The second-order valence-corrected chi connectivity index (χ2v) is 4.16. The van der Waals surface area contributed by atoms with Crippen LogP contribution in [-0.2, 0) is 6.54 Å². The summed E-state index contributed by atoms with van der Waals surface area (Å²) in [4.78, 5) is 7.20. The first-order valence-electron chi connectivity index (χ1n) is 5.57. The van der Waals surface area contributed by atoms with Gasteiger partial charge in [-0.2, -0.15) is 0 Å². The lowest BCUT2D eigenvalue weighted by Crippen LogP contribution is -2.22. The van der Waals surface area contributed by atoms with E-state index in [1.165, 1.54) is 11.1 Å². The molecule has 3 heteroatoms. The Bertz CT molecular complexity index is 432. The molecular weight excluding hydrogens is 198 g/mol. The van der Waals surface area contributed by atoms with E-state index in [0.717, 1.165) is 12.2 Å². The van der Waals surface area contributed by atoms with E-state index in [2.05, 4.69) is 53.4 Å². The highest BCUT2D eigenvalue weighted by molar-refractivity contribution is 5.62. The van der Waals surface area contributed by atoms with Gasteiger partial charge in [-0.3, -0.25) is 0 Å². The van der Waals surface area contributed by atoms with Crippen LogP contribution in [0.25, 0.3) is 11.3 Å². The van der Waals surface area contributed by atoms with Gasteiger partial charge in [-0.15, -0.1) is 0 Å². The fourth-order valence-electron chi connectivity index (χ4n) is 1.65. The Labute approximate surface area is 95.9 Å². The van der Waals surface area contributed by atoms with E-state index in [9.17, 15) is 0 Å². The summed E-state index contributed by atoms with van der Waals surface area (Å²) in [6.07, 6.45) is 3.57. The maximum absolute atomic E-state index is 4.06. The first-order chi connectivity index (χ1) is 7.77. The fourth-order valence-corrected chi connectivity index (χ4v) is 1.65. The number of aromatic amines is 1. The van der Waals surface area contributed by atoms with Crippen molar-refractivity contribution < 1.29 is 0 Å². The van der Waals surface area contributed by atoms with Gasteiger partial charge in [0.05, 0.1) is 18.2 Å². The molecule has 0 spiro atoms. The number of aromatic nitrogens is 2. The smallest absolute Gasteiger partial charge is 0.0924 e. The van der Waals surface area contributed by atoms with Crippen LogP contribution in [0.3, 0.4) is 0 Å². The zero-order chi connectivity index (χ0) is 11.4. The normalized spacial score (nSPS) is 10.9. The van der Waals surface area contributed by atoms with Crippen molar-refractivity contribution in [1.82, 2.24) is 15.3 Å². The summed E-state index contributed by atoms with van der Waals surface area (Å²) in [6, 6.07) is 8.87. The Morgan fingerprint density at radius 1 is 1.31 bits per heavy atom. The van der Waals surface area contributed by atoms with E-state index in [4.69, 9.17) is 0 Å². The van der Waals surface area contributed by atoms with Gasteiger partial charge >= 0.3 is 0 Å². The molecule has 0 saturated carbocycles. The van der Waals surface area contributed by atoms with Crippen LogP contribution >= 0.6 is 0 Å². The Morgan fingerprint density at radius 3 is 2.81 bits per heavy atom. The predicted molar refractivity (Wildman–Crippen MR) is 66.0 cm³/mol. The highest BCUT2D eigenvalue weighted by Gasteiger charge is 2.05. The molecule has 2 aromatic rings. The van der Waals surface area contributed by atoms with E-state index >= 15 is 0 Å². The molecule has 0 aliphatic rings. The summed E-state index contributed by atoms with van der Waals surface area (Å²) in [5.74, 6) is 0. The van der Waals surface area contributed by atoms with Gasteiger partial charge in [0.15, 0.2) is 0 Å². The number of nitrogens with one attached hydrogen (secondary N) is 2. The monoisotopic (exact) mass is 215 g/mol. The van der Waals surface area contributed by atoms with Gasteiger partial charge in [0.1, 0.15) is 0 Å². The third kappa shape index (κ3) is 2.49. The average Bonchev–Trinajstić information content (AvgIpc) is 2.80. The Kier molecular flexibility index (Phi) is 3.37. The van der Waals surface area contributed by atoms with E-state index in [1.807, 2.05) is 6.20 Å². The number of hydrogen-bond acceptors (Lipinski definition) is 2. The van der Waals surface area contributed by atoms with E-state index < -0.39 is 0 Å². The molecule has 0 aliphatic heterocycles. The highest BCUT2D eigenvalue weighted by Crippen LogP contribution is 2.20. The fraction of sp³-hybridized carbons (Fsp3) is 0.308. The summed E-state index contributed by atoms with van der Waals surface area (Å²) in [5.41, 5.74) is 3.58. The van der Waals surface area contributed by atoms with Gasteiger partial charge in [-0.25, -0.2) is 4.98 Å². The third-order valence-electron chi connectivity index (χ3n) is 2.51. The van der Waals surface area contributed by atoms with Gasteiger partial charge in [-0.1, -0.05) is 38.1 Å². The number of H-pyrrole nitrogens is 1. The molecule has 0 fully saturated rings. The quantitative estimate of drug-likeness (QED) is 0.823. The molecule has 2 N–H and O–H groups in total. The first-order valence-corrected chi connectivity index (χ1v) is 5.57. The van der Waals surface area contributed by atoms with Gasteiger partial charge in [0, 0.05) is 18.2 Å². The summed E-state index contributed by atoms with van der Waals surface area (Å²) in [7, 11) is 0. The van der Waals surface area contributed by atoms with Crippen LogP contribution in [0.1, 0.15) is 19.4 Å². The molecule has 0 aliphatic carbocycles. The number of benzene rings is 1. The molecule has 2 rings (SSSR count). The molecule has 3 nitrogen and oxygen atoms in total. The molecule has 1 aromatic heterocycles. The Morgan fingerprint density at radius 2 is 2.12 bits per heavy atom. The van der Waals surface area contributed by atoms with Crippen LogP contribution in [0.2, 0.25) is 0 Å². The predicted octanol–water partition coefficient (Wildman–Crippen LogP) is 2.57. The first kappa shape index (κ1) is 10.9. The third-order valence-corrected chi connectivity index (χ3v) is 2.51. The average molecular weight is 215 g/mol. The van der Waals surface area contributed by atoms with E-state index in [-0.39, 0.29) is 0 Å². The van der Waals surface area contributed by atoms with Crippen molar-refractivity contribution >= 4 is 0 Å². The number of rotatable bonds is 4. The summed E-state index contributed by atoms with van der Waals surface area (Å²) in [6.45, 7) is 5.19. The minimum absolute atomic E-state index is 0.495. The van der Waals surface area contributed by atoms with Crippen molar-refractivity contribution in [2.45, 2.75) is 26.4 Å². The molecular formula is C13H17N3. The molecule has 0 radical (unpaired) electrons. The standard InChI is InChI=1S/C13H17N3/c1-10(2)15-7-11-5-3-4-6-12(11)13-8-14-9-16-13/h3-6,8-10,15H,7H2,1-2H3,(H,14,16). The van der Waals surface area contributed by atoms with Gasteiger partial charge in [-0.05, 0) is 5.56 Å². The number of imidazole rings is 1. The molecule has 0 saturated heterocycles. The maximum atomic E-state index is 4.06. The molecule has 1 aromatic carbocycles. The highest BCUT2D eigenvalue weighted by atomic mass is 14.9. The van der Waals surface area contributed by atoms with Crippen molar-refractivity contribution in [1.29, 1.82) is 0 Å². The lowest BCUT2D eigenvalue weighted by atomic mass is 10.0. The zero-order valence-corrected chi connectivity index (χ0v) is 9.70. The number of hydrogen-bond donors (Lipinski definition) is 2. The second-order valence-electron chi connectivity index (χ2n) is 4.16. The van der Waals surface area contributed by atoms with Crippen LogP contribution in [0.5, 0.6) is 0 Å². The molecule has 0 amide bonds. The lowest BCUT2D eigenvalue weighted by Gasteiger charge is -2.11. The SMILES string of the molecule is CC(C)NCc1ccccc1-c1cnc[nH]1. The Hall–Kier alpha value is -1.61. The van der Waals surface area contributed by atoms with E-state index in [1.54, 1.807) is 6.33 Å². The van der Waals surface area contributed by atoms with Crippen molar-refractivity contribution in [2.24, 2.45) is 0 Å². The largest absolute Gasteiger partial charge is 0.345 e.